The fourth-order valence-electron chi connectivity index (χ4n) is 4.52. The zero-order valence-electron chi connectivity index (χ0n) is 18.9. The van der Waals surface area contributed by atoms with E-state index >= 15 is 0 Å². The number of methoxy groups -OCH3 is 1. The molecule has 0 aliphatic carbocycles. The number of fused-ring (bicyclic) bond motifs is 1. The molecule has 1 aliphatic heterocycles. The first-order valence-electron chi connectivity index (χ1n) is 11.1. The van der Waals surface area contributed by atoms with E-state index in [9.17, 15) is 9.59 Å². The molecule has 1 saturated heterocycles. The maximum absolute atomic E-state index is 13.3. The molecular weight excluding hydrogens is 400 g/mol. The van der Waals surface area contributed by atoms with Gasteiger partial charge in [-0.2, -0.15) is 0 Å². The molecule has 1 N–H and O–H groups in total. The van der Waals surface area contributed by atoms with Gasteiger partial charge < -0.3 is 15.0 Å². The minimum Gasteiger partial charge on any atom is -0.497 e. The van der Waals surface area contributed by atoms with Crippen LogP contribution in [-0.2, 0) is 21.7 Å². The van der Waals surface area contributed by atoms with Crippen molar-refractivity contribution in [3.8, 4) is 5.75 Å². The summed E-state index contributed by atoms with van der Waals surface area (Å²) in [5.41, 5.74) is 1.55. The lowest BCUT2D eigenvalue weighted by Gasteiger charge is -2.35. The third-order valence-corrected chi connectivity index (χ3v) is 6.28. The van der Waals surface area contributed by atoms with Crippen LogP contribution in [0.4, 0.5) is 0 Å². The summed E-state index contributed by atoms with van der Waals surface area (Å²) >= 11 is 0. The molecule has 0 bridgehead atoms. The van der Waals surface area contributed by atoms with Gasteiger partial charge in [0.2, 0.25) is 11.8 Å². The largest absolute Gasteiger partial charge is 0.497 e. The number of carbonyl (C=O) groups is 2. The van der Waals surface area contributed by atoms with Gasteiger partial charge in [-0.25, -0.2) is 0 Å². The molecular formula is C27H30N2O3. The zero-order valence-corrected chi connectivity index (χ0v) is 18.9. The predicted molar refractivity (Wildman–Crippen MR) is 126 cm³/mol. The molecule has 5 heteroatoms. The maximum Gasteiger partial charge on any atom is 0.225 e. The molecule has 4 rings (SSSR count). The van der Waals surface area contributed by atoms with Crippen LogP contribution in [0.15, 0.2) is 66.7 Å². The third kappa shape index (κ3) is 4.62. The monoisotopic (exact) mass is 430 g/mol. The smallest absolute Gasteiger partial charge is 0.225 e. The van der Waals surface area contributed by atoms with E-state index in [2.05, 4.69) is 29.6 Å². The average molecular weight is 431 g/mol. The van der Waals surface area contributed by atoms with Gasteiger partial charge in [0.15, 0.2) is 0 Å². The maximum atomic E-state index is 13.3. The van der Waals surface area contributed by atoms with Crippen molar-refractivity contribution in [3.05, 3.63) is 77.9 Å². The van der Waals surface area contributed by atoms with Crippen LogP contribution >= 0.6 is 0 Å². The Morgan fingerprint density at radius 3 is 2.66 bits per heavy atom. The van der Waals surface area contributed by atoms with Gasteiger partial charge in [-0.3, -0.25) is 9.59 Å². The Balaban J connectivity index is 1.48. The van der Waals surface area contributed by atoms with Crippen molar-refractivity contribution in [2.75, 3.05) is 13.7 Å². The van der Waals surface area contributed by atoms with E-state index in [0.717, 1.165) is 27.6 Å². The van der Waals surface area contributed by atoms with Crippen molar-refractivity contribution in [3.63, 3.8) is 0 Å². The van der Waals surface area contributed by atoms with E-state index in [1.54, 1.807) is 12.0 Å². The molecule has 0 spiro atoms. The average Bonchev–Trinajstić information content (AvgIpc) is 2.80. The molecule has 1 atom stereocenters. The van der Waals surface area contributed by atoms with Gasteiger partial charge in [0.1, 0.15) is 5.75 Å². The molecule has 0 radical (unpaired) electrons. The van der Waals surface area contributed by atoms with Crippen LogP contribution in [0.3, 0.4) is 0 Å². The molecule has 0 saturated carbocycles. The van der Waals surface area contributed by atoms with Gasteiger partial charge in [-0.05, 0) is 54.3 Å². The van der Waals surface area contributed by atoms with E-state index < -0.39 is 5.54 Å². The summed E-state index contributed by atoms with van der Waals surface area (Å²) in [6.07, 6.45) is 0.960. The van der Waals surface area contributed by atoms with Crippen LogP contribution in [0.1, 0.15) is 37.8 Å². The van der Waals surface area contributed by atoms with E-state index in [0.29, 0.717) is 25.9 Å². The van der Waals surface area contributed by atoms with Gasteiger partial charge in [-0.1, -0.05) is 54.6 Å². The lowest BCUT2D eigenvalue weighted by molar-refractivity contribution is -0.139. The molecule has 166 valence electrons. The first-order chi connectivity index (χ1) is 15.4. The highest BCUT2D eigenvalue weighted by Gasteiger charge is 2.33. The summed E-state index contributed by atoms with van der Waals surface area (Å²) in [4.78, 5) is 27.6. The fourth-order valence-corrected chi connectivity index (χ4v) is 4.52. The Kier molecular flexibility index (Phi) is 6.17. The second-order valence-corrected chi connectivity index (χ2v) is 9.00. The second-order valence-electron chi connectivity index (χ2n) is 9.00. The highest BCUT2D eigenvalue weighted by molar-refractivity contribution is 5.88. The number of carbonyl (C=O) groups excluding carboxylic acids is 2. The number of hydrogen-bond donors (Lipinski definition) is 1. The number of hydrogen-bond acceptors (Lipinski definition) is 3. The van der Waals surface area contributed by atoms with Crippen molar-refractivity contribution in [1.29, 1.82) is 0 Å². The van der Waals surface area contributed by atoms with Gasteiger partial charge in [0.25, 0.3) is 0 Å². The molecule has 32 heavy (non-hydrogen) atoms. The molecule has 3 aromatic rings. The molecule has 2 amide bonds. The van der Waals surface area contributed by atoms with Crippen LogP contribution in [-0.4, -0.2) is 30.4 Å². The normalized spacial score (nSPS) is 16.8. The molecule has 1 fully saturated rings. The lowest BCUT2D eigenvalue weighted by Crippen LogP contribution is -2.49. The number of nitrogens with zero attached hydrogens (tertiary/aromatic N) is 1. The number of amides is 2. The SMILES string of the molecule is COc1cccc(CN2C[C@@H](C(=O)NC(C)(C)c3cccc4ccccc34)CCC2=O)c1. The predicted octanol–water partition coefficient (Wildman–Crippen LogP) is 4.64. The zero-order chi connectivity index (χ0) is 22.7. The third-order valence-electron chi connectivity index (χ3n) is 6.28. The van der Waals surface area contributed by atoms with Gasteiger partial charge >= 0.3 is 0 Å². The van der Waals surface area contributed by atoms with Crippen LogP contribution in [0.5, 0.6) is 5.75 Å². The quantitative estimate of drug-likeness (QED) is 0.620. The molecule has 3 aromatic carbocycles. The Hall–Kier alpha value is -3.34. The van der Waals surface area contributed by atoms with Gasteiger partial charge in [-0.15, -0.1) is 0 Å². The van der Waals surface area contributed by atoms with Crippen molar-refractivity contribution >= 4 is 22.6 Å². The number of benzene rings is 3. The lowest BCUT2D eigenvalue weighted by atomic mass is 9.88. The van der Waals surface area contributed by atoms with Crippen molar-refractivity contribution in [2.24, 2.45) is 5.92 Å². The summed E-state index contributed by atoms with van der Waals surface area (Å²) < 4.78 is 5.29. The van der Waals surface area contributed by atoms with Crippen molar-refractivity contribution in [1.82, 2.24) is 10.2 Å². The number of nitrogens with one attached hydrogen (secondary N) is 1. The van der Waals surface area contributed by atoms with Crippen LogP contribution in [0.2, 0.25) is 0 Å². The van der Waals surface area contributed by atoms with Crippen LogP contribution < -0.4 is 10.1 Å². The highest BCUT2D eigenvalue weighted by Crippen LogP contribution is 2.30. The Morgan fingerprint density at radius 2 is 1.84 bits per heavy atom. The number of rotatable bonds is 6. The molecule has 1 aliphatic rings. The first-order valence-corrected chi connectivity index (χ1v) is 11.1. The highest BCUT2D eigenvalue weighted by atomic mass is 16.5. The number of likely N-dealkylation sites (tertiary alicyclic amines) is 1. The number of ether oxygens (including phenoxy) is 1. The Morgan fingerprint density at radius 1 is 1.09 bits per heavy atom. The second kappa shape index (κ2) is 9.03. The first kappa shape index (κ1) is 21.9. The topological polar surface area (TPSA) is 58.6 Å². The van der Waals surface area contributed by atoms with Crippen LogP contribution in [0.25, 0.3) is 10.8 Å². The summed E-state index contributed by atoms with van der Waals surface area (Å²) in [5, 5.41) is 5.55. The van der Waals surface area contributed by atoms with Crippen molar-refractivity contribution < 1.29 is 14.3 Å². The summed E-state index contributed by atoms with van der Waals surface area (Å²) in [6.45, 7) is 4.98. The van der Waals surface area contributed by atoms with Crippen LogP contribution in [0, 0.1) is 5.92 Å². The standard InChI is InChI=1S/C27H30N2O3/c1-27(2,24-13-7-10-20-9-4-5-12-23(20)24)28-26(31)21-14-15-25(30)29(18-21)17-19-8-6-11-22(16-19)32-3/h4-13,16,21H,14-15,17-18H2,1-3H3,(H,28,31)/t21-/m0/s1. The summed E-state index contributed by atoms with van der Waals surface area (Å²) in [7, 11) is 1.63. The molecule has 0 unspecified atom stereocenters. The minimum absolute atomic E-state index is 0.00826. The van der Waals surface area contributed by atoms with Crippen molar-refractivity contribution in [2.45, 2.75) is 38.8 Å². The Labute approximate surface area is 189 Å². The molecule has 5 nitrogen and oxygen atoms in total. The van der Waals surface area contributed by atoms with E-state index in [1.165, 1.54) is 0 Å². The Bertz CT molecular complexity index is 1130. The molecule has 1 heterocycles. The number of piperidine rings is 1. The summed E-state index contributed by atoms with van der Waals surface area (Å²) in [5.74, 6) is 0.613. The minimum atomic E-state index is -0.531. The van der Waals surface area contributed by atoms with Gasteiger partial charge in [0, 0.05) is 19.5 Å². The fraction of sp³-hybridized carbons (Fsp3) is 0.333. The van der Waals surface area contributed by atoms with Gasteiger partial charge in [0.05, 0.1) is 18.6 Å². The summed E-state index contributed by atoms with van der Waals surface area (Å²) in [6, 6.07) is 22.1. The van der Waals surface area contributed by atoms with E-state index in [4.69, 9.17) is 4.74 Å². The van der Waals surface area contributed by atoms with E-state index in [1.807, 2.05) is 56.3 Å². The molecule has 0 aromatic heterocycles. The van der Waals surface area contributed by atoms with E-state index in [-0.39, 0.29) is 17.7 Å².